The van der Waals surface area contributed by atoms with E-state index in [2.05, 4.69) is 140 Å². The Morgan fingerprint density at radius 2 is 1.02 bits per heavy atom. The van der Waals surface area contributed by atoms with Gasteiger partial charge in [0.2, 0.25) is 0 Å². The van der Waals surface area contributed by atoms with Crippen LogP contribution in [0, 0.1) is 0 Å². The summed E-state index contributed by atoms with van der Waals surface area (Å²) in [4.78, 5) is 5.20. The summed E-state index contributed by atoms with van der Waals surface area (Å²) in [5.74, 6) is 0. The highest BCUT2D eigenvalue weighted by Crippen LogP contribution is 2.63. The van der Waals surface area contributed by atoms with Crippen molar-refractivity contribution in [1.29, 1.82) is 0 Å². The molecule has 6 aromatic carbocycles. The zero-order valence-electron chi connectivity index (χ0n) is 22.6. The van der Waals surface area contributed by atoms with Crippen LogP contribution in [0.15, 0.2) is 140 Å². The summed E-state index contributed by atoms with van der Waals surface area (Å²) in [6.07, 6.45) is 0. The molecule has 2 aromatic heterocycles. The smallest absolute Gasteiger partial charge is 0.0902 e. The Balaban J connectivity index is 1.36. The van der Waals surface area contributed by atoms with E-state index in [0.717, 1.165) is 11.0 Å². The van der Waals surface area contributed by atoms with Gasteiger partial charge in [0, 0.05) is 21.0 Å². The number of hydrogen-bond acceptors (Lipinski definition) is 2. The molecule has 0 bridgehead atoms. The van der Waals surface area contributed by atoms with Crippen LogP contribution in [-0.4, -0.2) is 4.98 Å². The number of rotatable bonds is 1. The Bertz CT molecular complexity index is 2360. The summed E-state index contributed by atoms with van der Waals surface area (Å²) in [5, 5.41) is 2.43. The van der Waals surface area contributed by atoms with E-state index < -0.39 is 0 Å². The summed E-state index contributed by atoms with van der Waals surface area (Å²) in [5.41, 5.74) is 15.1. The molecule has 194 valence electrons. The van der Waals surface area contributed by atoms with Crippen molar-refractivity contribution in [1.82, 2.24) is 4.98 Å². The van der Waals surface area contributed by atoms with E-state index in [4.69, 9.17) is 4.98 Å². The van der Waals surface area contributed by atoms with Crippen LogP contribution in [0.1, 0.15) is 22.3 Å². The van der Waals surface area contributed by atoms with Crippen LogP contribution in [0.25, 0.3) is 64.6 Å². The monoisotopic (exact) mass is 549 g/mol. The average Bonchev–Trinajstić information content (AvgIpc) is 3.67. The molecule has 0 atom stereocenters. The van der Waals surface area contributed by atoms with Crippen molar-refractivity contribution in [3.05, 3.63) is 162 Å². The van der Waals surface area contributed by atoms with Crippen molar-refractivity contribution in [3.8, 4) is 33.4 Å². The van der Waals surface area contributed by atoms with Crippen molar-refractivity contribution >= 4 is 42.5 Å². The van der Waals surface area contributed by atoms with E-state index in [9.17, 15) is 0 Å². The molecule has 0 saturated heterocycles. The Hall–Kier alpha value is -5.05. The molecule has 2 aliphatic rings. The fourth-order valence-electron chi connectivity index (χ4n) is 7.87. The molecule has 0 N–H and O–H groups in total. The van der Waals surface area contributed by atoms with Gasteiger partial charge in [0.1, 0.15) is 0 Å². The Kier molecular flexibility index (Phi) is 4.32. The standard InChI is InChI=1S/C40H23NS/c1-6-16-31-25(11-1)26-12-2-7-17-32(26)40(31)33-18-8-3-13-27(33)28-22-21-24(23-34(28)40)37-29-14-4-9-19-35(29)41-38-30-15-5-10-20-36(30)42-39(37)38/h1-23H. The van der Waals surface area contributed by atoms with E-state index in [1.807, 2.05) is 11.3 Å². The van der Waals surface area contributed by atoms with Crippen molar-refractivity contribution in [2.75, 3.05) is 0 Å². The highest BCUT2D eigenvalue weighted by Gasteiger charge is 2.51. The maximum Gasteiger partial charge on any atom is 0.0902 e. The van der Waals surface area contributed by atoms with Crippen LogP contribution in [0.5, 0.6) is 0 Å². The molecule has 2 aliphatic carbocycles. The molecule has 42 heavy (non-hydrogen) atoms. The maximum atomic E-state index is 5.20. The number of aromatic nitrogens is 1. The molecule has 2 heterocycles. The van der Waals surface area contributed by atoms with Crippen molar-refractivity contribution < 1.29 is 0 Å². The first-order chi connectivity index (χ1) is 20.8. The van der Waals surface area contributed by atoms with Crippen LogP contribution in [-0.2, 0) is 5.41 Å². The topological polar surface area (TPSA) is 12.9 Å². The normalized spacial score (nSPS) is 13.9. The van der Waals surface area contributed by atoms with E-state index in [1.165, 1.54) is 75.8 Å². The lowest BCUT2D eigenvalue weighted by Gasteiger charge is -2.30. The molecule has 2 heteroatoms. The minimum Gasteiger partial charge on any atom is -0.246 e. The van der Waals surface area contributed by atoms with Crippen LogP contribution in [0.2, 0.25) is 0 Å². The van der Waals surface area contributed by atoms with Crippen LogP contribution in [0.4, 0.5) is 0 Å². The second kappa shape index (κ2) is 8.03. The zero-order valence-corrected chi connectivity index (χ0v) is 23.5. The van der Waals surface area contributed by atoms with Crippen LogP contribution in [0.3, 0.4) is 0 Å². The van der Waals surface area contributed by atoms with Gasteiger partial charge >= 0.3 is 0 Å². The van der Waals surface area contributed by atoms with Gasteiger partial charge in [-0.25, -0.2) is 4.98 Å². The number of nitrogens with zero attached hydrogens (tertiary/aromatic N) is 1. The lowest BCUT2D eigenvalue weighted by atomic mass is 9.70. The van der Waals surface area contributed by atoms with Crippen LogP contribution >= 0.6 is 11.3 Å². The number of thiophene rings is 1. The summed E-state index contributed by atoms with van der Waals surface area (Å²) in [6, 6.07) is 51.6. The summed E-state index contributed by atoms with van der Waals surface area (Å²) >= 11 is 1.86. The quantitative estimate of drug-likeness (QED) is 0.198. The Morgan fingerprint density at radius 3 is 1.71 bits per heavy atom. The van der Waals surface area contributed by atoms with Gasteiger partial charge in [-0.1, -0.05) is 121 Å². The molecule has 0 aliphatic heterocycles. The average molecular weight is 550 g/mol. The second-order valence-electron chi connectivity index (χ2n) is 11.4. The number of benzene rings is 6. The van der Waals surface area contributed by atoms with Crippen molar-refractivity contribution in [2.24, 2.45) is 0 Å². The lowest BCUT2D eigenvalue weighted by molar-refractivity contribution is 0.794. The molecule has 1 spiro atoms. The highest BCUT2D eigenvalue weighted by atomic mass is 32.1. The predicted molar refractivity (Wildman–Crippen MR) is 176 cm³/mol. The molecule has 0 amide bonds. The molecule has 10 rings (SSSR count). The molecular weight excluding hydrogens is 527 g/mol. The molecule has 0 unspecified atom stereocenters. The molecular formula is C40H23NS. The van der Waals surface area contributed by atoms with Gasteiger partial charge in [-0.15, -0.1) is 11.3 Å². The fourth-order valence-corrected chi connectivity index (χ4v) is 9.10. The van der Waals surface area contributed by atoms with Gasteiger partial charge in [0.25, 0.3) is 0 Å². The second-order valence-corrected chi connectivity index (χ2v) is 12.5. The Labute approximate surface area is 247 Å². The third-order valence-corrected chi connectivity index (χ3v) is 10.7. The van der Waals surface area contributed by atoms with Gasteiger partial charge in [0.15, 0.2) is 0 Å². The first-order valence-electron chi connectivity index (χ1n) is 14.5. The third-order valence-electron chi connectivity index (χ3n) is 9.49. The largest absolute Gasteiger partial charge is 0.246 e. The van der Waals surface area contributed by atoms with Gasteiger partial charge in [-0.05, 0) is 68.3 Å². The first kappa shape index (κ1) is 22.6. The van der Waals surface area contributed by atoms with Gasteiger partial charge in [0.05, 0.1) is 21.1 Å². The number of fused-ring (bicyclic) bond motifs is 14. The molecule has 8 aromatic rings. The predicted octanol–water partition coefficient (Wildman–Crippen LogP) is 10.6. The van der Waals surface area contributed by atoms with Crippen molar-refractivity contribution in [3.63, 3.8) is 0 Å². The SMILES string of the molecule is c1ccc2c(c1)-c1ccccc1C21c2ccccc2-c2ccc(-c3c4ccccc4nc4c3sc3ccccc34)cc21. The summed E-state index contributed by atoms with van der Waals surface area (Å²) in [6.45, 7) is 0. The highest BCUT2D eigenvalue weighted by molar-refractivity contribution is 7.26. The maximum absolute atomic E-state index is 5.20. The summed E-state index contributed by atoms with van der Waals surface area (Å²) < 4.78 is 2.53. The molecule has 0 radical (unpaired) electrons. The van der Waals surface area contributed by atoms with Crippen LogP contribution < -0.4 is 0 Å². The van der Waals surface area contributed by atoms with E-state index in [0.29, 0.717) is 0 Å². The minimum absolute atomic E-state index is 0.350. The van der Waals surface area contributed by atoms with Crippen molar-refractivity contribution in [2.45, 2.75) is 5.41 Å². The van der Waals surface area contributed by atoms with Gasteiger partial charge in [-0.2, -0.15) is 0 Å². The van der Waals surface area contributed by atoms with E-state index >= 15 is 0 Å². The first-order valence-corrected chi connectivity index (χ1v) is 15.3. The Morgan fingerprint density at radius 1 is 0.476 bits per heavy atom. The summed E-state index contributed by atoms with van der Waals surface area (Å²) in [7, 11) is 0. The van der Waals surface area contributed by atoms with Gasteiger partial charge < -0.3 is 0 Å². The zero-order chi connectivity index (χ0) is 27.4. The lowest BCUT2D eigenvalue weighted by Crippen LogP contribution is -2.25. The minimum atomic E-state index is -0.350. The molecule has 1 nitrogen and oxygen atoms in total. The fraction of sp³-hybridized carbons (Fsp3) is 0.0250. The van der Waals surface area contributed by atoms with Gasteiger partial charge in [-0.3, -0.25) is 0 Å². The third kappa shape index (κ3) is 2.66. The number of hydrogen-bond donors (Lipinski definition) is 0. The van der Waals surface area contributed by atoms with E-state index in [-0.39, 0.29) is 5.41 Å². The molecule has 0 fully saturated rings. The number of para-hydroxylation sites is 1. The number of pyridine rings is 1. The molecule has 0 saturated carbocycles. The van der Waals surface area contributed by atoms with E-state index in [1.54, 1.807) is 0 Å².